The minimum Gasteiger partial charge on any atom is -0.370 e. The Balaban J connectivity index is 1.21. The lowest BCUT2D eigenvalue weighted by molar-refractivity contribution is -0.137. The number of aromatic nitrogens is 1. The normalized spacial score (nSPS) is 23.3. The van der Waals surface area contributed by atoms with Crippen molar-refractivity contribution in [3.63, 3.8) is 0 Å². The van der Waals surface area contributed by atoms with Crippen molar-refractivity contribution in [1.29, 1.82) is 0 Å². The van der Waals surface area contributed by atoms with E-state index in [0.29, 0.717) is 18.1 Å². The number of benzene rings is 2. The molecule has 3 atom stereocenters. The molecule has 1 aliphatic carbocycles. The molecule has 1 aromatic heterocycles. The summed E-state index contributed by atoms with van der Waals surface area (Å²) in [4.78, 5) is 8.00. The lowest BCUT2D eigenvalue weighted by Crippen LogP contribution is -2.54. The minimum absolute atomic E-state index is 0.314. The molecule has 0 spiro atoms. The van der Waals surface area contributed by atoms with Crippen molar-refractivity contribution in [3.05, 3.63) is 66.4 Å². The number of thiazole rings is 1. The quantitative estimate of drug-likeness (QED) is 0.390. The molecule has 1 saturated carbocycles. The van der Waals surface area contributed by atoms with Gasteiger partial charge in [-0.3, -0.25) is 0 Å². The number of halogens is 3. The average Bonchev–Trinajstić information content (AvgIpc) is 3.34. The maximum atomic E-state index is 12.9. The third kappa shape index (κ3) is 5.98. The molecule has 3 aromatic rings. The Labute approximate surface area is 208 Å². The van der Waals surface area contributed by atoms with Crippen LogP contribution in [0.5, 0.6) is 0 Å². The Morgan fingerprint density at radius 3 is 2.37 bits per heavy atom. The molecular weight excluding hydrogens is 469 g/mol. The van der Waals surface area contributed by atoms with Crippen LogP contribution in [0.25, 0.3) is 10.4 Å². The molecule has 0 radical (unpaired) electrons. The van der Waals surface area contributed by atoms with Gasteiger partial charge in [0.2, 0.25) is 0 Å². The molecule has 186 valence electrons. The topological polar surface area (TPSA) is 40.2 Å². The highest BCUT2D eigenvalue weighted by Crippen LogP contribution is 2.33. The van der Waals surface area contributed by atoms with Crippen LogP contribution in [0.4, 0.5) is 24.0 Å². The van der Waals surface area contributed by atoms with E-state index in [-0.39, 0.29) is 0 Å². The van der Waals surface area contributed by atoms with Crippen molar-refractivity contribution in [2.45, 2.75) is 62.8 Å². The number of piperidine rings is 1. The number of anilines is 2. The van der Waals surface area contributed by atoms with Gasteiger partial charge >= 0.3 is 6.18 Å². The van der Waals surface area contributed by atoms with Gasteiger partial charge in [-0.05, 0) is 55.5 Å². The third-order valence-corrected chi connectivity index (χ3v) is 8.05. The highest BCUT2D eigenvalue weighted by Gasteiger charge is 2.32. The maximum absolute atomic E-state index is 12.9. The largest absolute Gasteiger partial charge is 0.416 e. The van der Waals surface area contributed by atoms with E-state index in [2.05, 4.69) is 32.7 Å². The van der Waals surface area contributed by atoms with Crippen LogP contribution < -0.4 is 15.5 Å². The molecule has 8 heteroatoms. The Bertz CT molecular complexity index is 1080. The van der Waals surface area contributed by atoms with E-state index in [1.54, 1.807) is 23.5 Å². The number of nitrogens with one attached hydrogen (secondary N) is 2. The molecule has 4 nitrogen and oxygen atoms in total. The molecule has 2 N–H and O–H groups in total. The van der Waals surface area contributed by atoms with Crippen LogP contribution in [0.2, 0.25) is 0 Å². The molecule has 2 heterocycles. The van der Waals surface area contributed by atoms with Gasteiger partial charge in [0.15, 0.2) is 5.13 Å². The first kappa shape index (κ1) is 24.1. The van der Waals surface area contributed by atoms with Gasteiger partial charge in [0.05, 0.1) is 10.4 Å². The predicted molar refractivity (Wildman–Crippen MR) is 137 cm³/mol. The molecule has 35 heavy (non-hydrogen) atoms. The Hall–Kier alpha value is -2.58. The van der Waals surface area contributed by atoms with Crippen LogP contribution in [-0.2, 0) is 6.18 Å². The van der Waals surface area contributed by atoms with Crippen LogP contribution in [0.3, 0.4) is 0 Å². The van der Waals surface area contributed by atoms with Gasteiger partial charge in [0, 0.05) is 43.1 Å². The third-order valence-electron chi connectivity index (χ3n) is 7.07. The van der Waals surface area contributed by atoms with Crippen molar-refractivity contribution in [3.8, 4) is 10.4 Å². The second-order valence-corrected chi connectivity index (χ2v) is 10.6. The van der Waals surface area contributed by atoms with E-state index in [4.69, 9.17) is 0 Å². The van der Waals surface area contributed by atoms with Gasteiger partial charge in [-0.25, -0.2) is 4.98 Å². The fourth-order valence-corrected chi connectivity index (χ4v) is 6.13. The van der Waals surface area contributed by atoms with Crippen LogP contribution >= 0.6 is 11.3 Å². The second kappa shape index (κ2) is 10.6. The van der Waals surface area contributed by atoms with Crippen molar-refractivity contribution in [1.82, 2.24) is 10.3 Å². The first-order chi connectivity index (χ1) is 17.0. The van der Waals surface area contributed by atoms with Crippen LogP contribution in [0.15, 0.2) is 60.8 Å². The standard InChI is InChI=1S/C27H31F3N4S/c28-27(29,30)20-12-14-22(15-13-20)34-16-6-9-21(18-34)32-23-10-4-5-11-24(23)33-26-31-17-25(35-26)19-7-2-1-3-8-19/h1-3,7-8,12-15,17,21,23-24,32H,4-6,9-11,16,18H2,(H,31,33)/t21-,23+,24+/m0/s1. The highest BCUT2D eigenvalue weighted by molar-refractivity contribution is 7.18. The summed E-state index contributed by atoms with van der Waals surface area (Å²) in [5.41, 5.74) is 1.45. The Kier molecular flexibility index (Phi) is 7.29. The molecule has 0 amide bonds. The number of hydrogen-bond donors (Lipinski definition) is 2. The summed E-state index contributed by atoms with van der Waals surface area (Å²) >= 11 is 1.69. The van der Waals surface area contributed by atoms with Gasteiger partial charge in [-0.15, -0.1) is 0 Å². The summed E-state index contributed by atoms with van der Waals surface area (Å²) < 4.78 is 38.8. The summed E-state index contributed by atoms with van der Waals surface area (Å²) in [7, 11) is 0. The number of hydrogen-bond acceptors (Lipinski definition) is 5. The van der Waals surface area contributed by atoms with Crippen LogP contribution in [-0.4, -0.2) is 36.2 Å². The maximum Gasteiger partial charge on any atom is 0.416 e. The van der Waals surface area contributed by atoms with E-state index in [1.807, 2.05) is 24.4 Å². The van der Waals surface area contributed by atoms with Crippen molar-refractivity contribution in [2.24, 2.45) is 0 Å². The smallest absolute Gasteiger partial charge is 0.370 e. The summed E-state index contributed by atoms with van der Waals surface area (Å²) in [5.74, 6) is 0. The van der Waals surface area contributed by atoms with Gasteiger partial charge in [-0.1, -0.05) is 54.5 Å². The molecule has 1 aliphatic heterocycles. The summed E-state index contributed by atoms with van der Waals surface area (Å²) in [5, 5.41) is 8.55. The monoisotopic (exact) mass is 500 g/mol. The van der Waals surface area contributed by atoms with Gasteiger partial charge in [0.1, 0.15) is 0 Å². The number of rotatable bonds is 6. The van der Waals surface area contributed by atoms with E-state index in [9.17, 15) is 13.2 Å². The fourth-order valence-electron chi connectivity index (χ4n) is 5.25. The van der Waals surface area contributed by atoms with E-state index < -0.39 is 11.7 Å². The Morgan fingerprint density at radius 1 is 0.886 bits per heavy atom. The highest BCUT2D eigenvalue weighted by atomic mass is 32.1. The summed E-state index contributed by atoms with van der Waals surface area (Å²) in [6.07, 6.45) is 4.38. The summed E-state index contributed by atoms with van der Waals surface area (Å²) in [6, 6.07) is 16.9. The van der Waals surface area contributed by atoms with E-state index in [0.717, 1.165) is 54.5 Å². The van der Waals surface area contributed by atoms with Crippen molar-refractivity contribution in [2.75, 3.05) is 23.3 Å². The fraction of sp³-hybridized carbons (Fsp3) is 0.444. The number of alkyl halides is 3. The van der Waals surface area contributed by atoms with Gasteiger partial charge < -0.3 is 15.5 Å². The number of nitrogens with zero attached hydrogens (tertiary/aromatic N) is 2. The molecule has 5 rings (SSSR count). The zero-order chi connectivity index (χ0) is 24.3. The summed E-state index contributed by atoms with van der Waals surface area (Å²) in [6.45, 7) is 1.68. The molecule has 2 aromatic carbocycles. The zero-order valence-electron chi connectivity index (χ0n) is 19.6. The first-order valence-corrected chi connectivity index (χ1v) is 13.2. The van der Waals surface area contributed by atoms with Crippen molar-refractivity contribution < 1.29 is 13.2 Å². The SMILES string of the molecule is FC(F)(F)c1ccc(N2CCC[C@H](N[C@@H]3CCCC[C@H]3Nc3ncc(-c4ccccc4)s3)C2)cc1. The van der Waals surface area contributed by atoms with E-state index >= 15 is 0 Å². The van der Waals surface area contributed by atoms with Gasteiger partial charge in [-0.2, -0.15) is 13.2 Å². The predicted octanol–water partition coefficient (Wildman–Crippen LogP) is 6.81. The molecule has 2 fully saturated rings. The lowest BCUT2D eigenvalue weighted by atomic mass is 9.89. The molecular formula is C27H31F3N4S. The molecule has 2 aliphatic rings. The minimum atomic E-state index is -4.30. The average molecular weight is 501 g/mol. The second-order valence-electron chi connectivity index (χ2n) is 9.53. The zero-order valence-corrected chi connectivity index (χ0v) is 20.4. The molecule has 0 bridgehead atoms. The van der Waals surface area contributed by atoms with Crippen LogP contribution in [0.1, 0.15) is 44.1 Å². The van der Waals surface area contributed by atoms with E-state index in [1.165, 1.54) is 30.5 Å². The van der Waals surface area contributed by atoms with Crippen LogP contribution in [0, 0.1) is 0 Å². The molecule has 1 saturated heterocycles. The lowest BCUT2D eigenvalue weighted by Gasteiger charge is -2.40. The van der Waals surface area contributed by atoms with Crippen molar-refractivity contribution >= 4 is 22.2 Å². The molecule has 0 unspecified atom stereocenters. The Morgan fingerprint density at radius 2 is 1.63 bits per heavy atom. The van der Waals surface area contributed by atoms with Gasteiger partial charge in [0.25, 0.3) is 0 Å². The first-order valence-electron chi connectivity index (χ1n) is 12.4.